The molecule has 21 heavy (non-hydrogen) atoms. The lowest BCUT2D eigenvalue weighted by Gasteiger charge is -2.05. The van der Waals surface area contributed by atoms with E-state index in [9.17, 15) is 26.4 Å². The minimum absolute atomic E-state index is 0.178. The maximum atomic E-state index is 12.6. The molecule has 1 aromatic heterocycles. The number of aromatic carboxylic acids is 1. The van der Waals surface area contributed by atoms with Crippen LogP contribution in [0.3, 0.4) is 0 Å². The average Bonchev–Trinajstić information content (AvgIpc) is 2.76. The Morgan fingerprint density at radius 3 is 2.43 bits per heavy atom. The molecule has 0 saturated heterocycles. The lowest BCUT2D eigenvalue weighted by atomic mass is 10.1. The molecule has 0 fully saturated rings. The van der Waals surface area contributed by atoms with Crippen LogP contribution in [0.4, 0.5) is 13.2 Å². The first-order valence-corrected chi connectivity index (χ1v) is 7.33. The van der Waals surface area contributed by atoms with Crippen molar-refractivity contribution in [3.63, 3.8) is 0 Å². The van der Waals surface area contributed by atoms with Crippen LogP contribution in [0.5, 0.6) is 0 Å². The summed E-state index contributed by atoms with van der Waals surface area (Å²) in [6.07, 6.45) is -4.64. The Morgan fingerprint density at radius 1 is 1.33 bits per heavy atom. The number of alkyl halides is 3. The van der Waals surface area contributed by atoms with Crippen molar-refractivity contribution in [3.05, 3.63) is 29.5 Å². The van der Waals surface area contributed by atoms with Gasteiger partial charge in [-0.2, -0.15) is 13.2 Å². The molecule has 114 valence electrons. The maximum absolute atomic E-state index is 12.6. The second kappa shape index (κ2) is 4.76. The van der Waals surface area contributed by atoms with E-state index in [0.29, 0.717) is 12.1 Å². The van der Waals surface area contributed by atoms with Crippen molar-refractivity contribution >= 4 is 26.8 Å². The van der Waals surface area contributed by atoms with Crippen LogP contribution in [-0.2, 0) is 16.0 Å². The molecule has 0 amide bonds. The van der Waals surface area contributed by atoms with Crippen LogP contribution in [0.15, 0.2) is 27.5 Å². The summed E-state index contributed by atoms with van der Waals surface area (Å²) < 4.78 is 66.5. The fourth-order valence-corrected chi connectivity index (χ4v) is 3.05. The lowest BCUT2D eigenvalue weighted by Crippen LogP contribution is -2.09. The summed E-state index contributed by atoms with van der Waals surface area (Å²) in [7, 11) is -3.96. The normalized spacial score (nSPS) is 12.8. The van der Waals surface area contributed by atoms with Crippen LogP contribution in [0.1, 0.15) is 23.0 Å². The van der Waals surface area contributed by atoms with Gasteiger partial charge in [0.05, 0.1) is 11.3 Å². The van der Waals surface area contributed by atoms with Crippen LogP contribution in [-0.4, -0.2) is 25.2 Å². The molecule has 0 bridgehead atoms. The molecule has 0 aliphatic carbocycles. The fraction of sp³-hybridized carbons (Fsp3) is 0.250. The van der Waals surface area contributed by atoms with Gasteiger partial charge in [0, 0.05) is 5.39 Å². The van der Waals surface area contributed by atoms with E-state index in [1.807, 2.05) is 0 Å². The first-order chi connectivity index (χ1) is 9.58. The summed E-state index contributed by atoms with van der Waals surface area (Å²) in [6.45, 7) is 1.30. The molecular formula is C12H9F3O5S. The quantitative estimate of drug-likeness (QED) is 0.939. The van der Waals surface area contributed by atoms with E-state index in [4.69, 9.17) is 9.52 Å². The highest BCUT2D eigenvalue weighted by Crippen LogP contribution is 2.36. The third-order valence-corrected chi connectivity index (χ3v) is 4.64. The van der Waals surface area contributed by atoms with Gasteiger partial charge in [-0.3, -0.25) is 0 Å². The van der Waals surface area contributed by atoms with E-state index >= 15 is 0 Å². The number of sulfone groups is 1. The van der Waals surface area contributed by atoms with Crippen molar-refractivity contribution in [3.8, 4) is 0 Å². The van der Waals surface area contributed by atoms with E-state index < -0.39 is 49.5 Å². The van der Waals surface area contributed by atoms with Crippen LogP contribution >= 0.6 is 0 Å². The highest BCUT2D eigenvalue weighted by molar-refractivity contribution is 7.91. The van der Waals surface area contributed by atoms with Crippen molar-refractivity contribution in [1.29, 1.82) is 0 Å². The molecule has 0 radical (unpaired) electrons. The molecule has 1 N–H and O–H groups in total. The highest BCUT2D eigenvalue weighted by Gasteiger charge is 2.34. The summed E-state index contributed by atoms with van der Waals surface area (Å²) in [5.41, 5.74) is -1.49. The number of hydrogen-bond acceptors (Lipinski definition) is 4. The standard InChI is InChI=1S/C12H9F3O5S/c1-2-21(18,19)10-7-4-3-6(12(13,14)15)5-8(7)20-9(10)11(16)17/h3-5H,2H2,1H3,(H,16,17). The summed E-state index contributed by atoms with van der Waals surface area (Å²) in [6, 6.07) is 2.16. The number of carbonyl (C=O) groups is 1. The third-order valence-electron chi connectivity index (χ3n) is 2.86. The first-order valence-electron chi connectivity index (χ1n) is 5.67. The van der Waals surface area contributed by atoms with Crippen molar-refractivity contribution in [2.24, 2.45) is 0 Å². The van der Waals surface area contributed by atoms with E-state index in [1.54, 1.807) is 0 Å². The number of benzene rings is 1. The number of halogens is 3. The van der Waals surface area contributed by atoms with Gasteiger partial charge in [0.25, 0.3) is 0 Å². The molecule has 1 heterocycles. The van der Waals surface area contributed by atoms with Gasteiger partial charge in [-0.1, -0.05) is 6.92 Å². The van der Waals surface area contributed by atoms with Gasteiger partial charge in [0.2, 0.25) is 5.76 Å². The molecular weight excluding hydrogens is 313 g/mol. The van der Waals surface area contributed by atoms with E-state index in [-0.39, 0.29) is 5.39 Å². The van der Waals surface area contributed by atoms with Crippen LogP contribution < -0.4 is 0 Å². The predicted molar refractivity (Wildman–Crippen MR) is 65.9 cm³/mol. The van der Waals surface area contributed by atoms with Gasteiger partial charge in [-0.05, 0) is 18.2 Å². The molecule has 1 aromatic carbocycles. The number of carboxylic acids is 1. The Bertz CT molecular complexity index is 817. The molecule has 0 saturated carbocycles. The zero-order valence-corrected chi connectivity index (χ0v) is 11.4. The number of hydrogen-bond donors (Lipinski definition) is 1. The third kappa shape index (κ3) is 2.60. The number of carboxylic acid groups (broad SMARTS) is 1. The second-order valence-electron chi connectivity index (χ2n) is 4.18. The van der Waals surface area contributed by atoms with Crippen LogP contribution in [0, 0.1) is 0 Å². The van der Waals surface area contributed by atoms with Gasteiger partial charge in [0.15, 0.2) is 9.84 Å². The first kappa shape index (κ1) is 15.4. The van der Waals surface area contributed by atoms with Gasteiger partial charge in [-0.25, -0.2) is 13.2 Å². The fourth-order valence-electron chi connectivity index (χ4n) is 1.84. The Morgan fingerprint density at radius 2 is 1.95 bits per heavy atom. The summed E-state index contributed by atoms with van der Waals surface area (Å²) in [4.78, 5) is 10.5. The zero-order valence-electron chi connectivity index (χ0n) is 10.6. The highest BCUT2D eigenvalue weighted by atomic mass is 32.2. The van der Waals surface area contributed by atoms with E-state index in [0.717, 1.165) is 6.07 Å². The summed E-state index contributed by atoms with van der Waals surface area (Å²) in [5, 5.41) is 8.80. The van der Waals surface area contributed by atoms with E-state index in [2.05, 4.69) is 0 Å². The number of furan rings is 1. The Balaban J connectivity index is 2.85. The van der Waals surface area contributed by atoms with Crippen molar-refractivity contribution < 1.29 is 35.9 Å². The molecule has 5 nitrogen and oxygen atoms in total. The van der Waals surface area contributed by atoms with Gasteiger partial charge >= 0.3 is 12.1 Å². The largest absolute Gasteiger partial charge is 0.475 e. The summed E-state index contributed by atoms with van der Waals surface area (Å²) in [5.74, 6) is -2.94. The monoisotopic (exact) mass is 322 g/mol. The second-order valence-corrected chi connectivity index (χ2v) is 6.39. The molecule has 0 aliphatic heterocycles. The number of fused-ring (bicyclic) bond motifs is 1. The molecule has 0 atom stereocenters. The Labute approximate surface area is 116 Å². The van der Waals surface area contributed by atoms with Crippen molar-refractivity contribution in [2.45, 2.75) is 18.0 Å². The average molecular weight is 322 g/mol. The minimum atomic E-state index is -4.64. The predicted octanol–water partition coefficient (Wildman–Crippen LogP) is 2.94. The lowest BCUT2D eigenvalue weighted by molar-refractivity contribution is -0.137. The molecule has 0 aliphatic rings. The molecule has 2 aromatic rings. The topological polar surface area (TPSA) is 84.6 Å². The zero-order chi connectivity index (χ0) is 16.0. The van der Waals surface area contributed by atoms with Crippen LogP contribution in [0.25, 0.3) is 11.0 Å². The Hall–Kier alpha value is -2.03. The molecule has 0 unspecified atom stereocenters. The van der Waals surface area contributed by atoms with Crippen LogP contribution in [0.2, 0.25) is 0 Å². The smallest absolute Gasteiger partial charge is 0.416 e. The maximum Gasteiger partial charge on any atom is 0.416 e. The Kier molecular flexibility index (Phi) is 3.48. The van der Waals surface area contributed by atoms with Gasteiger partial charge in [0.1, 0.15) is 10.5 Å². The molecule has 9 heteroatoms. The van der Waals surface area contributed by atoms with Gasteiger partial charge < -0.3 is 9.52 Å². The molecule has 0 spiro atoms. The minimum Gasteiger partial charge on any atom is -0.475 e. The molecule has 2 rings (SSSR count). The number of rotatable bonds is 3. The summed E-state index contributed by atoms with van der Waals surface area (Å²) >= 11 is 0. The van der Waals surface area contributed by atoms with Gasteiger partial charge in [-0.15, -0.1) is 0 Å². The SMILES string of the molecule is CCS(=O)(=O)c1c(C(=O)O)oc2cc(C(F)(F)F)ccc12. The van der Waals surface area contributed by atoms with E-state index in [1.165, 1.54) is 6.92 Å². The van der Waals surface area contributed by atoms with Crippen molar-refractivity contribution in [2.75, 3.05) is 5.75 Å². The van der Waals surface area contributed by atoms with Crippen molar-refractivity contribution in [1.82, 2.24) is 0 Å².